The molecule has 2 fully saturated rings. The average molecular weight is 436 g/mol. The number of fused-ring (bicyclic) bond motifs is 1. The number of carbonyl (C=O) groups excluding carboxylic acids is 2. The van der Waals surface area contributed by atoms with Crippen molar-refractivity contribution in [2.45, 2.75) is 44.4 Å². The molecule has 4 rings (SSSR count). The molecule has 2 atom stereocenters. The molecule has 1 spiro atoms. The monoisotopic (exact) mass is 435 g/mol. The van der Waals surface area contributed by atoms with Crippen LogP contribution in [0.15, 0.2) is 24.3 Å². The molecule has 8 nitrogen and oxygen atoms in total. The van der Waals surface area contributed by atoms with Crippen LogP contribution in [0.5, 0.6) is 5.75 Å². The molecule has 1 aromatic carbocycles. The number of nitrogens with one attached hydrogen (secondary N) is 1. The number of rotatable bonds is 3. The van der Waals surface area contributed by atoms with Crippen LogP contribution in [0, 0.1) is 0 Å². The van der Waals surface area contributed by atoms with Gasteiger partial charge in [-0.15, -0.1) is 0 Å². The van der Waals surface area contributed by atoms with Crippen LogP contribution >= 0.6 is 0 Å². The molecule has 0 radical (unpaired) electrons. The third kappa shape index (κ3) is 4.62. The molecular formula is C21H29N3O5S. The van der Waals surface area contributed by atoms with Gasteiger partial charge in [0, 0.05) is 31.6 Å². The zero-order valence-corrected chi connectivity index (χ0v) is 18.1. The number of benzene rings is 1. The molecule has 2 amide bonds. The number of ether oxygens (including phenoxy) is 1. The Morgan fingerprint density at radius 3 is 2.73 bits per heavy atom. The molecule has 2 saturated heterocycles. The molecular weight excluding hydrogens is 406 g/mol. The lowest BCUT2D eigenvalue weighted by Crippen LogP contribution is -2.59. The Morgan fingerprint density at radius 2 is 2.00 bits per heavy atom. The predicted molar refractivity (Wildman–Crippen MR) is 112 cm³/mol. The number of likely N-dealkylation sites (tertiary alicyclic amines) is 1. The van der Waals surface area contributed by atoms with Gasteiger partial charge in [-0.3, -0.25) is 9.59 Å². The van der Waals surface area contributed by atoms with Gasteiger partial charge in [-0.1, -0.05) is 18.2 Å². The molecule has 3 aliphatic heterocycles. The van der Waals surface area contributed by atoms with Crippen molar-refractivity contribution < 1.29 is 22.7 Å². The molecule has 1 N–H and O–H groups in total. The van der Waals surface area contributed by atoms with Crippen molar-refractivity contribution in [3.8, 4) is 5.75 Å². The van der Waals surface area contributed by atoms with Crippen LogP contribution in [0.25, 0.3) is 0 Å². The van der Waals surface area contributed by atoms with Gasteiger partial charge in [0.15, 0.2) is 9.84 Å². The molecule has 0 bridgehead atoms. The molecule has 3 aliphatic rings. The Bertz CT molecular complexity index is 934. The maximum atomic E-state index is 12.9. The molecule has 164 valence electrons. The van der Waals surface area contributed by atoms with E-state index >= 15 is 0 Å². The molecule has 0 unspecified atom stereocenters. The highest BCUT2D eigenvalue weighted by atomic mass is 32.2. The van der Waals surface area contributed by atoms with Gasteiger partial charge in [0.25, 0.3) is 0 Å². The van der Waals surface area contributed by atoms with Crippen molar-refractivity contribution in [1.82, 2.24) is 15.1 Å². The summed E-state index contributed by atoms with van der Waals surface area (Å²) >= 11 is 0. The Kier molecular flexibility index (Phi) is 5.76. The number of sulfone groups is 1. The third-order valence-corrected chi connectivity index (χ3v) is 8.02. The summed E-state index contributed by atoms with van der Waals surface area (Å²) in [5.74, 6) is 0.971. The number of piperidine rings is 1. The minimum absolute atomic E-state index is 0.0118. The third-order valence-electron chi connectivity index (χ3n) is 6.25. The van der Waals surface area contributed by atoms with Gasteiger partial charge >= 0.3 is 0 Å². The topological polar surface area (TPSA) is 96.0 Å². The van der Waals surface area contributed by atoms with Crippen molar-refractivity contribution in [3.63, 3.8) is 0 Å². The molecule has 1 aromatic rings. The second-order valence-corrected chi connectivity index (χ2v) is 10.9. The quantitative estimate of drug-likeness (QED) is 0.746. The van der Waals surface area contributed by atoms with Crippen LogP contribution in [-0.2, 0) is 26.0 Å². The Balaban J connectivity index is 1.46. The van der Waals surface area contributed by atoms with Crippen LogP contribution in [0.1, 0.15) is 31.7 Å². The Labute approximate surface area is 177 Å². The standard InChI is InChI=1S/C21H29N3O5S/c1-16(25)24-12-17-5-2-3-6-19(17)29-21(15-24)8-4-9-23(14-21)20(26)11-22-18-7-10-30(27,28)13-18/h2-3,5-6,18,22H,4,7-15H2,1H3/t18-,21-/m1/s1. The van der Waals surface area contributed by atoms with Gasteiger partial charge in [-0.25, -0.2) is 8.42 Å². The second-order valence-electron chi connectivity index (χ2n) is 8.67. The Morgan fingerprint density at radius 1 is 1.23 bits per heavy atom. The second kappa shape index (κ2) is 8.19. The van der Waals surface area contributed by atoms with Gasteiger partial charge in [-0.05, 0) is 25.3 Å². The summed E-state index contributed by atoms with van der Waals surface area (Å²) in [6.45, 7) is 3.66. The number of para-hydroxylation sites is 1. The zero-order chi connectivity index (χ0) is 21.4. The number of carbonyl (C=O) groups is 2. The lowest BCUT2D eigenvalue weighted by molar-refractivity contribution is -0.139. The number of amides is 2. The largest absolute Gasteiger partial charge is 0.483 e. The summed E-state index contributed by atoms with van der Waals surface area (Å²) in [7, 11) is -2.98. The minimum Gasteiger partial charge on any atom is -0.483 e. The summed E-state index contributed by atoms with van der Waals surface area (Å²) < 4.78 is 29.7. The van der Waals surface area contributed by atoms with E-state index in [2.05, 4.69) is 5.32 Å². The molecule has 30 heavy (non-hydrogen) atoms. The number of nitrogens with zero attached hydrogens (tertiary/aromatic N) is 2. The molecule has 0 aromatic heterocycles. The van der Waals surface area contributed by atoms with E-state index in [1.807, 2.05) is 24.3 Å². The molecule has 9 heteroatoms. The van der Waals surface area contributed by atoms with Crippen LogP contribution < -0.4 is 10.1 Å². The summed E-state index contributed by atoms with van der Waals surface area (Å²) in [6, 6.07) is 7.58. The lowest BCUT2D eigenvalue weighted by atomic mass is 9.91. The van der Waals surface area contributed by atoms with Gasteiger partial charge in [0.1, 0.15) is 11.4 Å². The van der Waals surface area contributed by atoms with Gasteiger partial charge < -0.3 is 19.9 Å². The molecule has 3 heterocycles. The van der Waals surface area contributed by atoms with E-state index in [0.717, 1.165) is 24.2 Å². The smallest absolute Gasteiger partial charge is 0.236 e. The highest BCUT2D eigenvalue weighted by Gasteiger charge is 2.43. The maximum Gasteiger partial charge on any atom is 0.236 e. The molecule has 0 saturated carbocycles. The zero-order valence-electron chi connectivity index (χ0n) is 17.3. The van der Waals surface area contributed by atoms with Crippen LogP contribution in [-0.4, -0.2) is 79.4 Å². The molecule has 0 aliphatic carbocycles. The highest BCUT2D eigenvalue weighted by molar-refractivity contribution is 7.91. The van der Waals surface area contributed by atoms with Gasteiger partial charge in [0.2, 0.25) is 11.8 Å². The van der Waals surface area contributed by atoms with E-state index < -0.39 is 15.4 Å². The van der Waals surface area contributed by atoms with Crippen LogP contribution in [0.2, 0.25) is 0 Å². The normalized spacial score (nSPS) is 28.0. The average Bonchev–Trinajstić information content (AvgIpc) is 2.96. The van der Waals surface area contributed by atoms with E-state index in [-0.39, 0.29) is 35.9 Å². The van der Waals surface area contributed by atoms with E-state index in [4.69, 9.17) is 4.74 Å². The summed E-state index contributed by atoms with van der Waals surface area (Å²) in [4.78, 5) is 28.7. The first-order valence-corrected chi connectivity index (χ1v) is 12.3. The fourth-order valence-electron chi connectivity index (χ4n) is 4.65. The van der Waals surface area contributed by atoms with Gasteiger partial charge in [-0.2, -0.15) is 0 Å². The van der Waals surface area contributed by atoms with Crippen LogP contribution in [0.4, 0.5) is 0 Å². The highest BCUT2D eigenvalue weighted by Crippen LogP contribution is 2.34. The van der Waals surface area contributed by atoms with Crippen molar-refractivity contribution in [1.29, 1.82) is 0 Å². The summed E-state index contributed by atoms with van der Waals surface area (Å²) in [5, 5.41) is 3.10. The van der Waals surface area contributed by atoms with Crippen molar-refractivity contribution in [2.75, 3.05) is 37.7 Å². The summed E-state index contributed by atoms with van der Waals surface area (Å²) in [5.41, 5.74) is 0.334. The van der Waals surface area contributed by atoms with E-state index in [0.29, 0.717) is 32.6 Å². The van der Waals surface area contributed by atoms with E-state index in [1.165, 1.54) is 0 Å². The maximum absolute atomic E-state index is 12.9. The fourth-order valence-corrected chi connectivity index (χ4v) is 6.36. The number of hydrogen-bond donors (Lipinski definition) is 1. The summed E-state index contributed by atoms with van der Waals surface area (Å²) in [6.07, 6.45) is 2.10. The first kappa shape index (κ1) is 21.1. The fraction of sp³-hybridized carbons (Fsp3) is 0.619. The van der Waals surface area contributed by atoms with E-state index in [9.17, 15) is 18.0 Å². The van der Waals surface area contributed by atoms with Crippen molar-refractivity contribution in [2.24, 2.45) is 0 Å². The van der Waals surface area contributed by atoms with Crippen molar-refractivity contribution in [3.05, 3.63) is 29.8 Å². The van der Waals surface area contributed by atoms with Crippen molar-refractivity contribution >= 4 is 21.7 Å². The van der Waals surface area contributed by atoms with E-state index in [1.54, 1.807) is 16.7 Å². The predicted octanol–water partition coefficient (Wildman–Crippen LogP) is 0.565. The van der Waals surface area contributed by atoms with Crippen LogP contribution in [0.3, 0.4) is 0 Å². The lowest BCUT2D eigenvalue weighted by Gasteiger charge is -2.43. The Hall–Kier alpha value is -2.13. The SMILES string of the molecule is CC(=O)N1Cc2ccccc2O[C@@]2(CCCN(C(=O)CN[C@@H]3CCS(=O)(=O)C3)C2)C1. The first-order valence-electron chi connectivity index (χ1n) is 10.5. The first-order chi connectivity index (χ1) is 14.3. The van der Waals surface area contributed by atoms with Gasteiger partial charge in [0.05, 0.1) is 31.1 Å². The number of hydrogen-bond acceptors (Lipinski definition) is 6. The minimum atomic E-state index is -2.98.